The van der Waals surface area contributed by atoms with Crippen molar-refractivity contribution in [2.75, 3.05) is 13.1 Å². The summed E-state index contributed by atoms with van der Waals surface area (Å²) < 4.78 is 0. The molecule has 146 valence electrons. The Hall–Kier alpha value is -2.91. The number of hydrogen-bond donors (Lipinski definition) is 1. The van der Waals surface area contributed by atoms with E-state index >= 15 is 0 Å². The largest absolute Gasteiger partial charge is 0.299 e. The van der Waals surface area contributed by atoms with Gasteiger partial charge in [0.25, 0.3) is 0 Å². The Morgan fingerprint density at radius 3 is 2.45 bits per heavy atom. The topological polar surface area (TPSA) is 31.9 Å². The summed E-state index contributed by atoms with van der Waals surface area (Å²) in [5, 5.41) is 10.4. The van der Waals surface area contributed by atoms with E-state index in [1.165, 1.54) is 46.0 Å². The maximum Gasteiger partial charge on any atom is 0.0525 e. The van der Waals surface area contributed by atoms with Crippen LogP contribution in [0.2, 0.25) is 0 Å². The summed E-state index contributed by atoms with van der Waals surface area (Å²) in [4.78, 5) is 2.60. The van der Waals surface area contributed by atoms with Crippen LogP contribution in [0.4, 0.5) is 0 Å². The Balaban J connectivity index is 1.25. The van der Waals surface area contributed by atoms with Gasteiger partial charge in [0.1, 0.15) is 0 Å². The molecular weight excluding hydrogens is 354 g/mol. The molecule has 4 aromatic rings. The highest BCUT2D eigenvalue weighted by Crippen LogP contribution is 2.31. The first-order chi connectivity index (χ1) is 14.4. The van der Waals surface area contributed by atoms with E-state index in [9.17, 15) is 0 Å². The van der Waals surface area contributed by atoms with Gasteiger partial charge in [-0.15, -0.1) is 0 Å². The number of aromatic amines is 1. The number of nitrogens with one attached hydrogen (secondary N) is 1. The van der Waals surface area contributed by atoms with E-state index in [1.54, 1.807) is 0 Å². The molecule has 3 nitrogen and oxygen atoms in total. The van der Waals surface area contributed by atoms with E-state index in [2.05, 4.69) is 87.9 Å². The average Bonchev–Trinajstić information content (AvgIpc) is 3.23. The van der Waals surface area contributed by atoms with Crippen molar-refractivity contribution in [3.05, 3.63) is 101 Å². The summed E-state index contributed by atoms with van der Waals surface area (Å²) in [5.74, 6) is 0.583. The second-order valence-electron chi connectivity index (χ2n) is 8.16. The Morgan fingerprint density at radius 2 is 1.59 bits per heavy atom. The van der Waals surface area contributed by atoms with Gasteiger partial charge in [-0.1, -0.05) is 72.8 Å². The second kappa shape index (κ2) is 8.22. The van der Waals surface area contributed by atoms with Gasteiger partial charge < -0.3 is 0 Å². The van der Waals surface area contributed by atoms with Gasteiger partial charge in [0.15, 0.2) is 0 Å². The highest BCUT2D eigenvalue weighted by molar-refractivity contribution is 5.85. The molecule has 0 amide bonds. The molecule has 0 aliphatic carbocycles. The molecular formula is C26H27N3. The molecule has 1 fully saturated rings. The van der Waals surface area contributed by atoms with Crippen molar-refractivity contribution in [2.45, 2.75) is 31.7 Å². The summed E-state index contributed by atoms with van der Waals surface area (Å²) in [6, 6.07) is 26.1. The lowest BCUT2D eigenvalue weighted by Gasteiger charge is -2.32. The van der Waals surface area contributed by atoms with Gasteiger partial charge >= 0.3 is 0 Å². The lowest BCUT2D eigenvalue weighted by atomic mass is 9.89. The predicted octanol–water partition coefficient (Wildman–Crippen LogP) is 5.53. The predicted molar refractivity (Wildman–Crippen MR) is 119 cm³/mol. The summed E-state index contributed by atoms with van der Waals surface area (Å²) in [5.41, 5.74) is 5.48. The van der Waals surface area contributed by atoms with Crippen LogP contribution in [0.5, 0.6) is 0 Å². The number of rotatable bonds is 5. The molecule has 0 bridgehead atoms. The number of piperidine rings is 1. The minimum absolute atomic E-state index is 0.583. The molecule has 1 aromatic heterocycles. The number of aromatic nitrogens is 2. The maximum absolute atomic E-state index is 4.38. The van der Waals surface area contributed by atoms with E-state index in [0.717, 1.165) is 26.1 Å². The zero-order valence-electron chi connectivity index (χ0n) is 16.7. The van der Waals surface area contributed by atoms with Gasteiger partial charge in [-0.25, -0.2) is 0 Å². The van der Waals surface area contributed by atoms with E-state index in [4.69, 9.17) is 0 Å². The second-order valence-corrected chi connectivity index (χ2v) is 8.16. The normalized spacial score (nSPS) is 15.7. The quantitative estimate of drug-likeness (QED) is 0.493. The minimum atomic E-state index is 0.583. The van der Waals surface area contributed by atoms with Crippen LogP contribution in [0.25, 0.3) is 10.8 Å². The zero-order valence-corrected chi connectivity index (χ0v) is 16.7. The highest BCUT2D eigenvalue weighted by Gasteiger charge is 2.24. The van der Waals surface area contributed by atoms with Crippen LogP contribution >= 0.6 is 0 Å². The van der Waals surface area contributed by atoms with Crippen molar-refractivity contribution in [2.24, 2.45) is 0 Å². The molecule has 0 saturated carbocycles. The molecule has 1 N–H and O–H groups in total. The number of hydrogen-bond acceptors (Lipinski definition) is 2. The summed E-state index contributed by atoms with van der Waals surface area (Å²) in [6.07, 6.45) is 5.36. The lowest BCUT2D eigenvalue weighted by Crippen LogP contribution is -2.32. The molecule has 5 rings (SSSR count). The average molecular weight is 382 g/mol. The Bertz CT molecular complexity index is 1070. The van der Waals surface area contributed by atoms with Gasteiger partial charge in [0, 0.05) is 24.6 Å². The zero-order chi connectivity index (χ0) is 19.5. The molecule has 3 heteroatoms. The third kappa shape index (κ3) is 3.96. The first kappa shape index (κ1) is 18.1. The van der Waals surface area contributed by atoms with E-state index < -0.39 is 0 Å². The molecule has 1 saturated heterocycles. The fourth-order valence-corrected chi connectivity index (χ4v) is 4.68. The number of H-pyrrole nitrogens is 1. The molecule has 0 radical (unpaired) electrons. The Labute approximate surface area is 172 Å². The fraction of sp³-hybridized carbons (Fsp3) is 0.269. The van der Waals surface area contributed by atoms with Crippen LogP contribution in [0.1, 0.15) is 41.1 Å². The molecule has 0 spiro atoms. The van der Waals surface area contributed by atoms with Gasteiger partial charge in [-0.3, -0.25) is 10.00 Å². The van der Waals surface area contributed by atoms with Crippen LogP contribution in [0, 0.1) is 0 Å². The molecule has 29 heavy (non-hydrogen) atoms. The Morgan fingerprint density at radius 1 is 0.828 bits per heavy atom. The first-order valence-corrected chi connectivity index (χ1v) is 10.6. The van der Waals surface area contributed by atoms with Crippen LogP contribution in [-0.2, 0) is 13.0 Å². The Kier molecular flexibility index (Phi) is 5.14. The van der Waals surface area contributed by atoms with Gasteiger partial charge in [-0.05, 0) is 53.4 Å². The SMILES string of the molecule is c1ccc(Cc2cn[nH]c2C2CCN(Cc3cccc4ccccc34)CC2)cc1. The van der Waals surface area contributed by atoms with Gasteiger partial charge in [-0.2, -0.15) is 5.10 Å². The number of fused-ring (bicyclic) bond motifs is 1. The van der Waals surface area contributed by atoms with Crippen molar-refractivity contribution in [3.8, 4) is 0 Å². The summed E-state index contributed by atoms with van der Waals surface area (Å²) >= 11 is 0. The van der Waals surface area contributed by atoms with Crippen molar-refractivity contribution in [1.29, 1.82) is 0 Å². The first-order valence-electron chi connectivity index (χ1n) is 10.6. The van der Waals surface area contributed by atoms with Crippen LogP contribution in [0.3, 0.4) is 0 Å². The summed E-state index contributed by atoms with van der Waals surface area (Å²) in [6.45, 7) is 3.31. The van der Waals surface area contributed by atoms with E-state index in [-0.39, 0.29) is 0 Å². The third-order valence-corrected chi connectivity index (χ3v) is 6.26. The van der Waals surface area contributed by atoms with Gasteiger partial charge in [0.2, 0.25) is 0 Å². The number of benzene rings is 3. The van der Waals surface area contributed by atoms with E-state index in [1.807, 2.05) is 6.20 Å². The number of likely N-dealkylation sites (tertiary alicyclic amines) is 1. The van der Waals surface area contributed by atoms with Crippen LogP contribution in [-0.4, -0.2) is 28.2 Å². The van der Waals surface area contributed by atoms with E-state index in [0.29, 0.717) is 5.92 Å². The van der Waals surface area contributed by atoms with Crippen molar-refractivity contribution >= 4 is 10.8 Å². The molecule has 1 aliphatic rings. The molecule has 0 unspecified atom stereocenters. The maximum atomic E-state index is 4.38. The number of nitrogens with zero attached hydrogens (tertiary/aromatic N) is 2. The molecule has 3 aromatic carbocycles. The summed E-state index contributed by atoms with van der Waals surface area (Å²) in [7, 11) is 0. The highest BCUT2D eigenvalue weighted by atomic mass is 15.1. The van der Waals surface area contributed by atoms with Gasteiger partial charge in [0.05, 0.1) is 6.20 Å². The van der Waals surface area contributed by atoms with Crippen LogP contribution < -0.4 is 0 Å². The third-order valence-electron chi connectivity index (χ3n) is 6.26. The molecule has 2 heterocycles. The molecule has 0 atom stereocenters. The van der Waals surface area contributed by atoms with Crippen molar-refractivity contribution in [3.63, 3.8) is 0 Å². The smallest absolute Gasteiger partial charge is 0.0525 e. The minimum Gasteiger partial charge on any atom is -0.299 e. The van der Waals surface area contributed by atoms with Crippen LogP contribution in [0.15, 0.2) is 79.0 Å². The standard InChI is InChI=1S/C26H27N3/c1-2-7-20(8-3-1)17-24-18-27-28-26(24)22-13-15-29(16-14-22)19-23-11-6-10-21-9-4-5-12-25(21)23/h1-12,18,22H,13-17,19H2,(H,27,28). The molecule has 1 aliphatic heterocycles. The van der Waals surface area contributed by atoms with Crippen molar-refractivity contribution < 1.29 is 0 Å². The van der Waals surface area contributed by atoms with Crippen molar-refractivity contribution in [1.82, 2.24) is 15.1 Å². The lowest BCUT2D eigenvalue weighted by molar-refractivity contribution is 0.203. The monoisotopic (exact) mass is 381 g/mol. The fourth-order valence-electron chi connectivity index (χ4n) is 4.68.